The highest BCUT2D eigenvalue weighted by molar-refractivity contribution is 6.36. The van der Waals surface area contributed by atoms with Crippen LogP contribution in [-0.4, -0.2) is 62.1 Å². The SMILES string of the molecule is CC(C)(O)[C@H]1CN(c2cc(CN)cc(Nc3nc(NC4CC4)c4ncc(CN)n4n3)c2Cl)CCO1. The van der Waals surface area contributed by atoms with E-state index in [4.69, 9.17) is 32.8 Å². The molecule has 3 aromatic rings. The lowest BCUT2D eigenvalue weighted by Crippen LogP contribution is -2.52. The van der Waals surface area contributed by atoms with Gasteiger partial charge in [-0.05, 0) is 44.4 Å². The Labute approximate surface area is 208 Å². The van der Waals surface area contributed by atoms with Crippen molar-refractivity contribution in [3.05, 3.63) is 34.6 Å². The number of anilines is 4. The third-order valence-corrected chi connectivity index (χ3v) is 6.75. The Balaban J connectivity index is 1.51. The summed E-state index contributed by atoms with van der Waals surface area (Å²) in [7, 11) is 0. The van der Waals surface area contributed by atoms with Gasteiger partial charge in [0.25, 0.3) is 0 Å². The highest BCUT2D eigenvalue weighted by Gasteiger charge is 2.33. The van der Waals surface area contributed by atoms with Gasteiger partial charge in [0.2, 0.25) is 5.95 Å². The zero-order valence-electron chi connectivity index (χ0n) is 20.0. The molecule has 1 saturated heterocycles. The number of imidazole rings is 1. The van der Waals surface area contributed by atoms with Crippen LogP contribution in [0.2, 0.25) is 5.02 Å². The molecule has 0 unspecified atom stereocenters. The first-order valence-corrected chi connectivity index (χ1v) is 12.2. The number of aliphatic hydroxyl groups is 1. The third kappa shape index (κ3) is 5.00. The largest absolute Gasteiger partial charge is 0.388 e. The third-order valence-electron chi connectivity index (χ3n) is 6.35. The van der Waals surface area contributed by atoms with E-state index in [1.54, 1.807) is 24.6 Å². The molecule has 5 rings (SSSR count). The van der Waals surface area contributed by atoms with Crippen LogP contribution in [0, 0.1) is 0 Å². The van der Waals surface area contributed by atoms with Gasteiger partial charge in [-0.25, -0.2) is 9.50 Å². The van der Waals surface area contributed by atoms with Crippen molar-refractivity contribution in [2.24, 2.45) is 11.5 Å². The van der Waals surface area contributed by atoms with Gasteiger partial charge in [-0.1, -0.05) is 11.6 Å². The predicted molar refractivity (Wildman–Crippen MR) is 136 cm³/mol. The number of aromatic nitrogens is 4. The summed E-state index contributed by atoms with van der Waals surface area (Å²) in [6.07, 6.45) is 3.57. The van der Waals surface area contributed by atoms with Crippen LogP contribution in [0.15, 0.2) is 18.3 Å². The number of ether oxygens (including phenoxy) is 1. The average molecular weight is 502 g/mol. The smallest absolute Gasteiger partial charge is 0.247 e. The Morgan fingerprint density at radius 2 is 2.06 bits per heavy atom. The molecule has 0 bridgehead atoms. The Morgan fingerprint density at radius 3 is 2.74 bits per heavy atom. The summed E-state index contributed by atoms with van der Waals surface area (Å²) in [5, 5.41) is 22.3. The second-order valence-corrected chi connectivity index (χ2v) is 10.0. The van der Waals surface area contributed by atoms with Crippen molar-refractivity contribution in [1.29, 1.82) is 0 Å². The summed E-state index contributed by atoms with van der Waals surface area (Å²) in [6.45, 7) is 5.77. The first kappa shape index (κ1) is 24.0. The molecule has 1 saturated carbocycles. The summed E-state index contributed by atoms with van der Waals surface area (Å²) in [5.74, 6) is 1.02. The van der Waals surface area contributed by atoms with E-state index in [2.05, 4.69) is 25.6 Å². The minimum Gasteiger partial charge on any atom is -0.388 e. The maximum absolute atomic E-state index is 10.5. The number of nitrogens with one attached hydrogen (secondary N) is 2. The second-order valence-electron chi connectivity index (χ2n) is 9.66. The van der Waals surface area contributed by atoms with Crippen molar-refractivity contribution in [3.63, 3.8) is 0 Å². The van der Waals surface area contributed by atoms with E-state index in [9.17, 15) is 5.11 Å². The number of fused-ring (bicyclic) bond motifs is 1. The van der Waals surface area contributed by atoms with Gasteiger partial charge in [0.1, 0.15) is 6.10 Å². The van der Waals surface area contributed by atoms with Gasteiger partial charge < -0.3 is 36.8 Å². The predicted octanol–water partition coefficient (Wildman–Crippen LogP) is 1.99. The number of morpholine rings is 1. The molecule has 2 fully saturated rings. The number of hydrogen-bond donors (Lipinski definition) is 5. The molecule has 7 N–H and O–H groups in total. The molecule has 11 nitrogen and oxygen atoms in total. The van der Waals surface area contributed by atoms with Crippen molar-refractivity contribution in [2.75, 3.05) is 35.2 Å². The van der Waals surface area contributed by atoms with Crippen LogP contribution in [0.25, 0.3) is 5.65 Å². The molecular weight excluding hydrogens is 470 g/mol. The van der Waals surface area contributed by atoms with Gasteiger partial charge in [-0.15, -0.1) is 5.10 Å². The highest BCUT2D eigenvalue weighted by Crippen LogP contribution is 2.37. The van der Waals surface area contributed by atoms with Crippen molar-refractivity contribution in [1.82, 2.24) is 19.6 Å². The lowest BCUT2D eigenvalue weighted by molar-refractivity contribution is -0.0927. The Kier molecular flexibility index (Phi) is 6.45. The lowest BCUT2D eigenvalue weighted by atomic mass is 9.99. The Bertz CT molecular complexity index is 1220. The minimum atomic E-state index is -0.975. The maximum atomic E-state index is 10.5. The Hall–Kier alpha value is -2.70. The van der Waals surface area contributed by atoms with Crippen LogP contribution in [0.3, 0.4) is 0 Å². The number of hydrogen-bond acceptors (Lipinski definition) is 10. The number of rotatable bonds is 8. The zero-order chi connectivity index (χ0) is 24.7. The topological polar surface area (TPSA) is 152 Å². The van der Waals surface area contributed by atoms with Crippen LogP contribution in [0.1, 0.15) is 37.9 Å². The molecule has 35 heavy (non-hydrogen) atoms. The average Bonchev–Trinajstić information content (AvgIpc) is 3.56. The van der Waals surface area contributed by atoms with Crippen LogP contribution in [-0.2, 0) is 17.8 Å². The summed E-state index contributed by atoms with van der Waals surface area (Å²) >= 11 is 6.91. The van der Waals surface area contributed by atoms with Gasteiger partial charge >= 0.3 is 0 Å². The van der Waals surface area contributed by atoms with E-state index in [0.29, 0.717) is 67.0 Å². The van der Waals surface area contributed by atoms with Crippen LogP contribution < -0.4 is 27.0 Å². The van der Waals surface area contributed by atoms with Crippen LogP contribution in [0.5, 0.6) is 0 Å². The first-order chi connectivity index (χ1) is 16.8. The number of nitrogens with two attached hydrogens (primary N) is 2. The molecular formula is C23H32ClN9O2. The second kappa shape index (κ2) is 9.40. The summed E-state index contributed by atoms with van der Waals surface area (Å²) in [6, 6.07) is 4.27. The Morgan fingerprint density at radius 1 is 1.26 bits per heavy atom. The monoisotopic (exact) mass is 501 g/mol. The molecule has 1 aromatic carbocycles. The normalized spacial score (nSPS) is 18.8. The lowest BCUT2D eigenvalue weighted by Gasteiger charge is -2.40. The van der Waals surface area contributed by atoms with E-state index in [-0.39, 0.29) is 6.10 Å². The maximum Gasteiger partial charge on any atom is 0.247 e. The van der Waals surface area contributed by atoms with Gasteiger partial charge in [-0.2, -0.15) is 4.98 Å². The van der Waals surface area contributed by atoms with E-state index in [0.717, 1.165) is 29.8 Å². The van der Waals surface area contributed by atoms with Crippen LogP contribution >= 0.6 is 11.6 Å². The molecule has 2 aromatic heterocycles. The van der Waals surface area contributed by atoms with Gasteiger partial charge in [-0.3, -0.25) is 0 Å². The molecule has 188 valence electrons. The molecule has 3 heterocycles. The quantitative estimate of drug-likeness (QED) is 0.309. The van der Waals surface area contributed by atoms with Crippen molar-refractivity contribution in [3.8, 4) is 0 Å². The van der Waals surface area contributed by atoms with Crippen molar-refractivity contribution < 1.29 is 9.84 Å². The minimum absolute atomic E-state index is 0.299. The molecule has 0 amide bonds. The van der Waals surface area contributed by atoms with E-state index in [1.807, 2.05) is 12.1 Å². The zero-order valence-corrected chi connectivity index (χ0v) is 20.7. The molecule has 1 atom stereocenters. The number of benzene rings is 1. The molecule has 0 spiro atoms. The highest BCUT2D eigenvalue weighted by atomic mass is 35.5. The number of halogens is 1. The van der Waals surface area contributed by atoms with Gasteiger partial charge in [0, 0.05) is 32.2 Å². The molecule has 12 heteroatoms. The molecule has 1 aliphatic carbocycles. The fourth-order valence-electron chi connectivity index (χ4n) is 4.16. The summed E-state index contributed by atoms with van der Waals surface area (Å²) in [5.41, 5.74) is 14.7. The van der Waals surface area contributed by atoms with Crippen molar-refractivity contribution in [2.45, 2.75) is 57.5 Å². The van der Waals surface area contributed by atoms with Crippen LogP contribution in [0.4, 0.5) is 23.1 Å². The summed E-state index contributed by atoms with van der Waals surface area (Å²) < 4.78 is 7.51. The van der Waals surface area contributed by atoms with Gasteiger partial charge in [0.15, 0.2) is 11.5 Å². The molecule has 0 radical (unpaired) electrons. The molecule has 1 aliphatic heterocycles. The fraction of sp³-hybridized carbons (Fsp3) is 0.522. The van der Waals surface area contributed by atoms with E-state index in [1.165, 1.54) is 0 Å². The standard InChI is InChI=1S/C23H32ClN9O2/c1-23(2,34)18-12-32(5-6-35-18)17-8-13(9-25)7-16(19(17)24)29-22-30-20(28-14-3-4-14)21-27-11-15(10-26)33(21)31-22/h7-8,11,14,18,34H,3-6,9-10,12,25-26H2,1-2H3,(H2,28,29,30,31)/t18-/m1/s1. The fourth-order valence-corrected chi connectivity index (χ4v) is 4.44. The van der Waals surface area contributed by atoms with Crippen molar-refractivity contribution >= 4 is 40.4 Å². The first-order valence-electron chi connectivity index (χ1n) is 11.9. The van der Waals surface area contributed by atoms with E-state index >= 15 is 0 Å². The summed E-state index contributed by atoms with van der Waals surface area (Å²) in [4.78, 5) is 11.3. The van der Waals surface area contributed by atoms with Gasteiger partial charge in [0.05, 0.1) is 40.5 Å². The number of nitrogens with zero attached hydrogens (tertiary/aromatic N) is 5. The molecule has 2 aliphatic rings. The van der Waals surface area contributed by atoms with E-state index < -0.39 is 5.60 Å².